The van der Waals surface area contributed by atoms with Crippen molar-refractivity contribution in [1.29, 1.82) is 0 Å². The number of piperidine rings is 1. The number of hydrogen-bond donors (Lipinski definition) is 0. The van der Waals surface area contributed by atoms with Gasteiger partial charge < -0.3 is 4.90 Å². The molecule has 3 heterocycles. The van der Waals surface area contributed by atoms with Crippen LogP contribution in [0.25, 0.3) is 10.2 Å². The van der Waals surface area contributed by atoms with Crippen molar-refractivity contribution in [1.82, 2.24) is 9.97 Å². The quantitative estimate of drug-likeness (QED) is 0.750. The zero-order chi connectivity index (χ0) is 15.6. The van der Waals surface area contributed by atoms with Crippen LogP contribution in [0.4, 0.5) is 5.82 Å². The highest BCUT2D eigenvalue weighted by Crippen LogP contribution is 2.39. The first-order chi connectivity index (χ1) is 11.4. The third-order valence-electron chi connectivity index (χ3n) is 5.22. The van der Waals surface area contributed by atoms with Crippen LogP contribution in [0, 0.1) is 0 Å². The molecule has 2 aliphatic rings. The number of fused-ring (bicyclic) bond motifs is 3. The summed E-state index contributed by atoms with van der Waals surface area (Å²) < 4.78 is 0. The van der Waals surface area contributed by atoms with E-state index in [2.05, 4.69) is 11.8 Å². The third-order valence-corrected chi connectivity index (χ3v) is 6.41. The molecule has 1 aliphatic carbocycles. The highest BCUT2D eigenvalue weighted by Gasteiger charge is 2.23. The van der Waals surface area contributed by atoms with Crippen molar-refractivity contribution >= 4 is 27.4 Å². The van der Waals surface area contributed by atoms with Crippen molar-refractivity contribution in [2.45, 2.75) is 71.1 Å². The molecule has 0 atom stereocenters. The smallest absolute Gasteiger partial charge is 0.141 e. The molecule has 0 unspecified atom stereocenters. The molecular weight excluding hydrogens is 302 g/mol. The van der Waals surface area contributed by atoms with E-state index in [1.807, 2.05) is 11.3 Å². The number of thiophene rings is 1. The van der Waals surface area contributed by atoms with Gasteiger partial charge in [-0.2, -0.15) is 0 Å². The van der Waals surface area contributed by atoms with Crippen molar-refractivity contribution in [3.63, 3.8) is 0 Å². The minimum absolute atomic E-state index is 0.999. The van der Waals surface area contributed by atoms with E-state index in [0.29, 0.717) is 0 Å². The maximum atomic E-state index is 5.05. The normalized spacial score (nSPS) is 18.9. The van der Waals surface area contributed by atoms with Crippen LogP contribution in [0.5, 0.6) is 0 Å². The molecule has 0 bridgehead atoms. The number of aromatic nitrogens is 2. The Morgan fingerprint density at radius 2 is 1.74 bits per heavy atom. The summed E-state index contributed by atoms with van der Waals surface area (Å²) in [4.78, 5) is 15.4. The molecule has 2 aromatic rings. The van der Waals surface area contributed by atoms with Gasteiger partial charge in [0.2, 0.25) is 0 Å². The van der Waals surface area contributed by atoms with Gasteiger partial charge in [0.1, 0.15) is 16.5 Å². The summed E-state index contributed by atoms with van der Waals surface area (Å²) in [5.74, 6) is 2.31. The summed E-state index contributed by atoms with van der Waals surface area (Å²) in [6.07, 6.45) is 12.6. The largest absolute Gasteiger partial charge is 0.356 e. The third kappa shape index (κ3) is 2.98. The lowest BCUT2D eigenvalue weighted by molar-refractivity contribution is 0.573. The van der Waals surface area contributed by atoms with Crippen molar-refractivity contribution in [2.75, 3.05) is 18.0 Å². The Hall–Kier alpha value is -1.16. The zero-order valence-electron chi connectivity index (χ0n) is 14.2. The standard InChI is InChI=1S/C19H27N3S/c1-2-9-16-20-18(22-12-7-4-8-13-22)17-14-10-5-3-6-11-15(14)23-19(17)21-16/h2-13H2,1H3. The predicted octanol–water partition coefficient (Wildman–Crippen LogP) is 4.90. The van der Waals surface area contributed by atoms with E-state index in [9.17, 15) is 0 Å². The summed E-state index contributed by atoms with van der Waals surface area (Å²) in [6, 6.07) is 0. The van der Waals surface area contributed by atoms with Gasteiger partial charge in [0.05, 0.1) is 5.39 Å². The monoisotopic (exact) mass is 329 g/mol. The number of nitrogens with zero attached hydrogens (tertiary/aromatic N) is 3. The van der Waals surface area contributed by atoms with Crippen LogP contribution >= 0.6 is 11.3 Å². The van der Waals surface area contributed by atoms with Gasteiger partial charge in [-0.3, -0.25) is 0 Å². The van der Waals surface area contributed by atoms with Crippen molar-refractivity contribution in [2.24, 2.45) is 0 Å². The number of aryl methyl sites for hydroxylation is 3. The van der Waals surface area contributed by atoms with Crippen molar-refractivity contribution in [3.05, 3.63) is 16.3 Å². The lowest BCUT2D eigenvalue weighted by Crippen LogP contribution is -2.30. The van der Waals surface area contributed by atoms with Crippen molar-refractivity contribution in [3.8, 4) is 0 Å². The zero-order valence-corrected chi connectivity index (χ0v) is 15.1. The molecule has 23 heavy (non-hydrogen) atoms. The fourth-order valence-corrected chi connectivity index (χ4v) is 5.30. The van der Waals surface area contributed by atoms with Gasteiger partial charge >= 0.3 is 0 Å². The molecule has 0 N–H and O–H groups in total. The van der Waals surface area contributed by atoms with Gasteiger partial charge in [-0.25, -0.2) is 9.97 Å². The summed E-state index contributed by atoms with van der Waals surface area (Å²) in [5.41, 5.74) is 1.59. The molecule has 0 saturated carbocycles. The van der Waals surface area contributed by atoms with Crippen LogP contribution in [-0.2, 0) is 19.3 Å². The molecule has 0 aromatic carbocycles. The minimum Gasteiger partial charge on any atom is -0.356 e. The average Bonchev–Trinajstić information content (AvgIpc) is 2.76. The molecule has 4 heteroatoms. The van der Waals surface area contributed by atoms with E-state index < -0.39 is 0 Å². The van der Waals surface area contributed by atoms with Crippen LogP contribution in [0.3, 0.4) is 0 Å². The van der Waals surface area contributed by atoms with Gasteiger partial charge in [0, 0.05) is 24.4 Å². The number of hydrogen-bond acceptors (Lipinski definition) is 4. The van der Waals surface area contributed by atoms with E-state index in [1.165, 1.54) is 80.5 Å². The number of anilines is 1. The second-order valence-electron chi connectivity index (χ2n) is 7.01. The first-order valence-electron chi connectivity index (χ1n) is 9.43. The molecule has 1 aliphatic heterocycles. The van der Waals surface area contributed by atoms with Crippen LogP contribution in [-0.4, -0.2) is 23.1 Å². The Labute approximate surface area is 143 Å². The van der Waals surface area contributed by atoms with Gasteiger partial charge in [0.25, 0.3) is 0 Å². The summed E-state index contributed by atoms with van der Waals surface area (Å²) in [7, 11) is 0. The Balaban J connectivity index is 1.87. The average molecular weight is 330 g/mol. The maximum absolute atomic E-state index is 5.05. The molecule has 0 spiro atoms. The molecular formula is C19H27N3S. The van der Waals surface area contributed by atoms with Gasteiger partial charge in [-0.05, 0) is 56.9 Å². The van der Waals surface area contributed by atoms with E-state index in [4.69, 9.17) is 9.97 Å². The second-order valence-corrected chi connectivity index (χ2v) is 8.09. The number of rotatable bonds is 3. The molecule has 2 aromatic heterocycles. The van der Waals surface area contributed by atoms with Crippen LogP contribution in [0.15, 0.2) is 0 Å². The lowest BCUT2D eigenvalue weighted by atomic mass is 10.1. The van der Waals surface area contributed by atoms with Gasteiger partial charge in [-0.1, -0.05) is 13.3 Å². The topological polar surface area (TPSA) is 29.0 Å². The minimum atomic E-state index is 0.999. The molecule has 3 nitrogen and oxygen atoms in total. The molecule has 4 rings (SSSR count). The summed E-state index contributed by atoms with van der Waals surface area (Å²) in [6.45, 7) is 4.56. The SMILES string of the molecule is CCCc1nc(N2CCCCC2)c2c3c(sc2n1)CCCCC3. The molecule has 0 radical (unpaired) electrons. The molecule has 1 fully saturated rings. The Morgan fingerprint density at radius 3 is 2.57 bits per heavy atom. The van der Waals surface area contributed by atoms with E-state index >= 15 is 0 Å². The van der Waals surface area contributed by atoms with Crippen LogP contribution < -0.4 is 4.90 Å². The highest BCUT2D eigenvalue weighted by molar-refractivity contribution is 7.19. The van der Waals surface area contributed by atoms with Crippen LogP contribution in [0.1, 0.15) is 68.1 Å². The second kappa shape index (κ2) is 6.76. The van der Waals surface area contributed by atoms with Gasteiger partial charge in [0.15, 0.2) is 0 Å². The molecule has 1 saturated heterocycles. The van der Waals surface area contributed by atoms with E-state index in [1.54, 1.807) is 10.4 Å². The highest BCUT2D eigenvalue weighted by atomic mass is 32.1. The maximum Gasteiger partial charge on any atom is 0.141 e. The van der Waals surface area contributed by atoms with E-state index in [-0.39, 0.29) is 0 Å². The Bertz CT molecular complexity index is 685. The lowest BCUT2D eigenvalue weighted by Gasteiger charge is -2.29. The first-order valence-corrected chi connectivity index (χ1v) is 10.2. The first kappa shape index (κ1) is 15.4. The fraction of sp³-hybridized carbons (Fsp3) is 0.684. The van der Waals surface area contributed by atoms with Gasteiger partial charge in [-0.15, -0.1) is 11.3 Å². The summed E-state index contributed by atoms with van der Waals surface area (Å²) >= 11 is 1.95. The molecule has 0 amide bonds. The Kier molecular flexibility index (Phi) is 4.52. The van der Waals surface area contributed by atoms with E-state index in [0.717, 1.165) is 18.7 Å². The summed E-state index contributed by atoms with van der Waals surface area (Å²) in [5, 5.41) is 1.41. The van der Waals surface area contributed by atoms with Crippen LogP contribution in [0.2, 0.25) is 0 Å². The molecule has 124 valence electrons. The van der Waals surface area contributed by atoms with Crippen molar-refractivity contribution < 1.29 is 0 Å². The predicted molar refractivity (Wildman–Crippen MR) is 98.7 cm³/mol. The fourth-order valence-electron chi connectivity index (χ4n) is 4.03. The Morgan fingerprint density at radius 1 is 0.957 bits per heavy atom.